The minimum atomic E-state index is -0.749. The van der Waals surface area contributed by atoms with Gasteiger partial charge in [0.05, 0.1) is 16.2 Å². The highest BCUT2D eigenvalue weighted by molar-refractivity contribution is 9.10. The molecular formula is C12H15BrF2N2O. The van der Waals surface area contributed by atoms with Crippen LogP contribution in [0.4, 0.5) is 14.5 Å². The molecule has 3 nitrogen and oxygen atoms in total. The summed E-state index contributed by atoms with van der Waals surface area (Å²) < 4.78 is 26.7. The van der Waals surface area contributed by atoms with Crippen LogP contribution in [0.25, 0.3) is 0 Å². The van der Waals surface area contributed by atoms with E-state index < -0.39 is 23.6 Å². The molecule has 6 heteroatoms. The molecule has 0 fully saturated rings. The van der Waals surface area contributed by atoms with Gasteiger partial charge in [-0.3, -0.25) is 4.79 Å². The van der Waals surface area contributed by atoms with Gasteiger partial charge in [-0.15, -0.1) is 0 Å². The lowest BCUT2D eigenvalue weighted by Crippen LogP contribution is -2.40. The number of halogens is 3. The van der Waals surface area contributed by atoms with E-state index in [2.05, 4.69) is 21.2 Å². The number of benzene rings is 1. The molecule has 0 saturated heterocycles. The molecule has 0 aliphatic heterocycles. The van der Waals surface area contributed by atoms with E-state index in [1.165, 1.54) is 0 Å². The Labute approximate surface area is 113 Å². The molecule has 0 saturated carbocycles. The van der Waals surface area contributed by atoms with Gasteiger partial charge in [-0.05, 0) is 27.9 Å². The summed E-state index contributed by atoms with van der Waals surface area (Å²) in [5, 5.41) is 2.29. The third-order valence-electron chi connectivity index (χ3n) is 2.83. The van der Waals surface area contributed by atoms with Crippen molar-refractivity contribution < 1.29 is 13.6 Å². The summed E-state index contributed by atoms with van der Waals surface area (Å²) in [6, 6.07) is 1.13. The predicted molar refractivity (Wildman–Crippen MR) is 70.1 cm³/mol. The van der Waals surface area contributed by atoms with Crippen molar-refractivity contribution in [2.45, 2.75) is 26.3 Å². The second kappa shape index (κ2) is 6.24. The Hall–Kier alpha value is -1.01. The first-order valence-electron chi connectivity index (χ1n) is 5.57. The molecule has 0 bridgehead atoms. The van der Waals surface area contributed by atoms with Crippen LogP contribution in [0.5, 0.6) is 0 Å². The van der Waals surface area contributed by atoms with Crippen molar-refractivity contribution >= 4 is 27.5 Å². The molecule has 0 spiro atoms. The summed E-state index contributed by atoms with van der Waals surface area (Å²) >= 11 is 2.86. The fraction of sp³-hybridized carbons (Fsp3) is 0.417. The minimum Gasteiger partial charge on any atom is -0.322 e. The lowest BCUT2D eigenvalue weighted by molar-refractivity contribution is -0.118. The highest BCUT2D eigenvalue weighted by atomic mass is 79.9. The zero-order chi connectivity index (χ0) is 13.9. The van der Waals surface area contributed by atoms with E-state index in [0.717, 1.165) is 18.6 Å². The molecule has 0 radical (unpaired) electrons. The third-order valence-corrected chi connectivity index (χ3v) is 3.44. The van der Waals surface area contributed by atoms with Crippen LogP contribution in [0, 0.1) is 17.6 Å². The predicted octanol–water partition coefficient (Wildman–Crippen LogP) is 3.04. The van der Waals surface area contributed by atoms with Gasteiger partial charge in [0.25, 0.3) is 0 Å². The summed E-state index contributed by atoms with van der Waals surface area (Å²) in [6.45, 7) is 3.72. The number of nitrogens with two attached hydrogens (primary N) is 1. The largest absolute Gasteiger partial charge is 0.322 e. The highest BCUT2D eigenvalue weighted by Crippen LogP contribution is 2.23. The summed E-state index contributed by atoms with van der Waals surface area (Å²) in [6.07, 6.45) is 0.728. The molecule has 1 aromatic rings. The van der Waals surface area contributed by atoms with Gasteiger partial charge >= 0.3 is 0 Å². The van der Waals surface area contributed by atoms with Crippen LogP contribution in [0.3, 0.4) is 0 Å². The Morgan fingerprint density at radius 1 is 1.44 bits per heavy atom. The van der Waals surface area contributed by atoms with Crippen molar-refractivity contribution in [3.05, 3.63) is 28.2 Å². The van der Waals surface area contributed by atoms with Gasteiger partial charge in [0.1, 0.15) is 11.6 Å². The lowest BCUT2D eigenvalue weighted by Gasteiger charge is -2.18. The summed E-state index contributed by atoms with van der Waals surface area (Å²) in [7, 11) is 0. The molecule has 100 valence electrons. The summed E-state index contributed by atoms with van der Waals surface area (Å²) in [4.78, 5) is 11.7. The number of carbonyl (C=O) groups is 1. The average molecular weight is 321 g/mol. The lowest BCUT2D eigenvalue weighted by atomic mass is 9.99. The summed E-state index contributed by atoms with van der Waals surface area (Å²) in [5.74, 6) is -1.92. The van der Waals surface area contributed by atoms with Crippen molar-refractivity contribution in [1.29, 1.82) is 0 Å². The average Bonchev–Trinajstić information content (AvgIpc) is 2.33. The van der Waals surface area contributed by atoms with Gasteiger partial charge < -0.3 is 11.1 Å². The minimum absolute atomic E-state index is 0.00391. The second-order valence-electron chi connectivity index (χ2n) is 4.15. The van der Waals surface area contributed by atoms with Gasteiger partial charge in [0, 0.05) is 6.07 Å². The van der Waals surface area contributed by atoms with E-state index in [1.54, 1.807) is 0 Å². The molecule has 0 aliphatic rings. The maximum absolute atomic E-state index is 13.5. The summed E-state index contributed by atoms with van der Waals surface area (Å²) in [5.41, 5.74) is 5.49. The zero-order valence-corrected chi connectivity index (χ0v) is 11.7. The number of nitrogens with one attached hydrogen (secondary N) is 1. The molecular weight excluding hydrogens is 306 g/mol. The maximum atomic E-state index is 13.5. The number of anilines is 1. The molecule has 0 aromatic heterocycles. The van der Waals surface area contributed by atoms with Crippen LogP contribution in [0.2, 0.25) is 0 Å². The Balaban J connectivity index is 2.85. The number of hydrogen-bond donors (Lipinski definition) is 2. The Bertz CT molecular complexity index is 454. The molecule has 2 atom stereocenters. The maximum Gasteiger partial charge on any atom is 0.241 e. The molecule has 1 rings (SSSR count). The molecule has 0 unspecified atom stereocenters. The van der Waals surface area contributed by atoms with E-state index in [-0.39, 0.29) is 16.1 Å². The fourth-order valence-corrected chi connectivity index (χ4v) is 1.66. The van der Waals surface area contributed by atoms with Crippen LogP contribution >= 0.6 is 15.9 Å². The molecule has 18 heavy (non-hydrogen) atoms. The zero-order valence-electron chi connectivity index (χ0n) is 10.1. The highest BCUT2D eigenvalue weighted by Gasteiger charge is 2.21. The Morgan fingerprint density at radius 2 is 2.06 bits per heavy atom. The van der Waals surface area contributed by atoms with Crippen LogP contribution in [-0.2, 0) is 4.79 Å². The van der Waals surface area contributed by atoms with Crippen LogP contribution in [0.1, 0.15) is 20.3 Å². The first-order chi connectivity index (χ1) is 8.36. The Kier molecular flexibility index (Phi) is 5.22. The normalized spacial score (nSPS) is 14.1. The van der Waals surface area contributed by atoms with Crippen LogP contribution in [0.15, 0.2) is 16.6 Å². The van der Waals surface area contributed by atoms with Gasteiger partial charge in [-0.25, -0.2) is 8.78 Å². The number of hydrogen-bond acceptors (Lipinski definition) is 2. The van der Waals surface area contributed by atoms with Crippen LogP contribution < -0.4 is 11.1 Å². The third kappa shape index (κ3) is 3.49. The van der Waals surface area contributed by atoms with E-state index >= 15 is 0 Å². The Morgan fingerprint density at radius 3 is 2.61 bits per heavy atom. The van der Waals surface area contributed by atoms with Crippen molar-refractivity contribution in [3.63, 3.8) is 0 Å². The first-order valence-corrected chi connectivity index (χ1v) is 6.37. The van der Waals surface area contributed by atoms with Crippen molar-refractivity contribution in [2.75, 3.05) is 5.32 Å². The molecule has 0 aliphatic carbocycles. The second-order valence-corrected chi connectivity index (χ2v) is 5.00. The number of amides is 1. The van der Waals surface area contributed by atoms with Crippen molar-refractivity contribution in [2.24, 2.45) is 11.7 Å². The van der Waals surface area contributed by atoms with E-state index in [4.69, 9.17) is 5.73 Å². The van der Waals surface area contributed by atoms with Crippen molar-refractivity contribution in [3.8, 4) is 0 Å². The van der Waals surface area contributed by atoms with E-state index in [1.807, 2.05) is 13.8 Å². The van der Waals surface area contributed by atoms with E-state index in [9.17, 15) is 13.6 Å². The quantitative estimate of drug-likeness (QED) is 0.838. The smallest absolute Gasteiger partial charge is 0.241 e. The van der Waals surface area contributed by atoms with Gasteiger partial charge in [-0.1, -0.05) is 20.3 Å². The van der Waals surface area contributed by atoms with Crippen molar-refractivity contribution in [1.82, 2.24) is 0 Å². The SMILES string of the molecule is CC[C@H](C)[C@H](N)C(=O)Nc1cc(F)c(Br)cc1F. The van der Waals surface area contributed by atoms with Gasteiger partial charge in [-0.2, -0.15) is 0 Å². The molecule has 0 heterocycles. The topological polar surface area (TPSA) is 55.1 Å². The standard InChI is InChI=1S/C12H15BrF2N2O/c1-3-6(2)11(16)12(18)17-10-5-8(14)7(13)4-9(10)15/h4-6,11H,3,16H2,1-2H3,(H,17,18)/t6-,11-/m0/s1. The monoisotopic (exact) mass is 320 g/mol. The molecule has 1 amide bonds. The first kappa shape index (κ1) is 15.0. The molecule has 3 N–H and O–H groups in total. The molecule has 1 aromatic carbocycles. The van der Waals surface area contributed by atoms with E-state index in [0.29, 0.717) is 0 Å². The number of rotatable bonds is 4. The van der Waals surface area contributed by atoms with Gasteiger partial charge in [0.15, 0.2) is 0 Å². The fourth-order valence-electron chi connectivity index (χ4n) is 1.35. The van der Waals surface area contributed by atoms with Crippen LogP contribution in [-0.4, -0.2) is 11.9 Å². The number of carbonyl (C=O) groups excluding carboxylic acids is 1. The van der Waals surface area contributed by atoms with Gasteiger partial charge in [0.2, 0.25) is 5.91 Å².